The predicted molar refractivity (Wildman–Crippen MR) is 132 cm³/mol. The zero-order valence-electron chi connectivity index (χ0n) is 20.0. The SMILES string of the molecule is CC(=O)c1ccc(CNC(=O)c2cc(C(=O)NCc3ccc4c(c3)CC(=O)CO4)nc3ccnn23)cc1. The molecule has 10 heteroatoms. The molecule has 0 radical (unpaired) electrons. The van der Waals surface area contributed by atoms with Gasteiger partial charge in [-0.25, -0.2) is 9.50 Å². The number of aromatic nitrogens is 3. The first kappa shape index (κ1) is 23.9. The topological polar surface area (TPSA) is 132 Å². The smallest absolute Gasteiger partial charge is 0.270 e. The Hall–Kier alpha value is -4.86. The van der Waals surface area contributed by atoms with Crippen LogP contribution in [0.2, 0.25) is 0 Å². The van der Waals surface area contributed by atoms with Crippen molar-refractivity contribution in [3.63, 3.8) is 0 Å². The van der Waals surface area contributed by atoms with Gasteiger partial charge in [0.25, 0.3) is 11.8 Å². The van der Waals surface area contributed by atoms with Crippen molar-refractivity contribution < 1.29 is 23.9 Å². The second-order valence-electron chi connectivity index (χ2n) is 8.69. The number of benzene rings is 2. The number of carbonyl (C=O) groups is 4. The molecule has 3 heterocycles. The van der Waals surface area contributed by atoms with E-state index in [0.717, 1.165) is 16.7 Å². The number of nitrogens with zero attached hydrogens (tertiary/aromatic N) is 3. The zero-order chi connectivity index (χ0) is 25.9. The summed E-state index contributed by atoms with van der Waals surface area (Å²) in [5.74, 6) is -0.239. The summed E-state index contributed by atoms with van der Waals surface area (Å²) in [4.78, 5) is 53.4. The van der Waals surface area contributed by atoms with Crippen LogP contribution >= 0.6 is 0 Å². The molecule has 1 aliphatic rings. The number of fused-ring (bicyclic) bond motifs is 2. The molecule has 186 valence electrons. The van der Waals surface area contributed by atoms with Crippen LogP contribution in [0.25, 0.3) is 5.65 Å². The van der Waals surface area contributed by atoms with E-state index >= 15 is 0 Å². The number of ketones is 2. The molecule has 37 heavy (non-hydrogen) atoms. The first-order valence-corrected chi connectivity index (χ1v) is 11.6. The lowest BCUT2D eigenvalue weighted by Gasteiger charge is -2.17. The summed E-state index contributed by atoms with van der Waals surface area (Å²) in [6, 6.07) is 15.4. The molecule has 2 aromatic heterocycles. The summed E-state index contributed by atoms with van der Waals surface area (Å²) in [7, 11) is 0. The molecule has 1 aliphatic heterocycles. The van der Waals surface area contributed by atoms with E-state index in [-0.39, 0.29) is 42.7 Å². The van der Waals surface area contributed by atoms with Crippen LogP contribution in [0.3, 0.4) is 0 Å². The second kappa shape index (κ2) is 10.0. The van der Waals surface area contributed by atoms with Gasteiger partial charge in [0.1, 0.15) is 23.7 Å². The lowest BCUT2D eigenvalue weighted by Crippen LogP contribution is -2.28. The van der Waals surface area contributed by atoms with Crippen LogP contribution in [0.5, 0.6) is 5.75 Å². The molecule has 0 atom stereocenters. The summed E-state index contributed by atoms with van der Waals surface area (Å²) in [5.41, 5.74) is 3.59. The number of nitrogens with one attached hydrogen (secondary N) is 2. The monoisotopic (exact) mass is 497 g/mol. The molecule has 2 amide bonds. The molecule has 0 saturated heterocycles. The maximum atomic E-state index is 13.0. The van der Waals surface area contributed by atoms with Crippen LogP contribution in [-0.4, -0.2) is 44.6 Å². The van der Waals surface area contributed by atoms with Gasteiger partial charge in [-0.1, -0.05) is 30.3 Å². The average Bonchev–Trinajstić information content (AvgIpc) is 3.38. The molecular formula is C27H23N5O5. The Morgan fingerprint density at radius 1 is 0.946 bits per heavy atom. The van der Waals surface area contributed by atoms with Crippen LogP contribution in [0.4, 0.5) is 0 Å². The molecule has 5 rings (SSSR count). The van der Waals surface area contributed by atoms with Crippen molar-refractivity contribution in [1.29, 1.82) is 0 Å². The Labute approximate surface area is 211 Å². The molecule has 10 nitrogen and oxygen atoms in total. The summed E-state index contributed by atoms with van der Waals surface area (Å²) >= 11 is 0. The van der Waals surface area contributed by atoms with Gasteiger partial charge in [0.2, 0.25) is 0 Å². The number of amides is 2. The van der Waals surface area contributed by atoms with Crippen molar-refractivity contribution in [3.05, 3.63) is 94.4 Å². The van der Waals surface area contributed by atoms with Crippen LogP contribution in [0.1, 0.15) is 54.9 Å². The van der Waals surface area contributed by atoms with E-state index < -0.39 is 11.8 Å². The van der Waals surface area contributed by atoms with Crippen molar-refractivity contribution in [2.24, 2.45) is 0 Å². The van der Waals surface area contributed by atoms with Crippen LogP contribution in [-0.2, 0) is 24.3 Å². The highest BCUT2D eigenvalue weighted by molar-refractivity contribution is 5.98. The maximum Gasteiger partial charge on any atom is 0.270 e. The van der Waals surface area contributed by atoms with Crippen LogP contribution in [0.15, 0.2) is 60.8 Å². The quantitative estimate of drug-likeness (QED) is 0.375. The normalized spacial score (nSPS) is 12.5. The fourth-order valence-electron chi connectivity index (χ4n) is 4.04. The summed E-state index contributed by atoms with van der Waals surface area (Å²) < 4.78 is 6.78. The summed E-state index contributed by atoms with van der Waals surface area (Å²) in [5, 5.41) is 9.78. The molecule has 0 unspecified atom stereocenters. The minimum absolute atomic E-state index is 0.00544. The van der Waals surface area contributed by atoms with E-state index in [4.69, 9.17) is 4.74 Å². The van der Waals surface area contributed by atoms with Gasteiger partial charge >= 0.3 is 0 Å². The molecule has 4 aromatic rings. The van der Waals surface area contributed by atoms with Gasteiger partial charge in [0.15, 0.2) is 17.2 Å². The summed E-state index contributed by atoms with van der Waals surface area (Å²) in [6.45, 7) is 2.01. The average molecular weight is 498 g/mol. The van der Waals surface area contributed by atoms with E-state index in [1.54, 1.807) is 36.4 Å². The van der Waals surface area contributed by atoms with Crippen molar-refractivity contribution >= 4 is 29.0 Å². The number of carbonyl (C=O) groups excluding carboxylic acids is 4. The van der Waals surface area contributed by atoms with Crippen molar-refractivity contribution in [2.75, 3.05) is 6.61 Å². The number of hydrogen-bond donors (Lipinski definition) is 2. The third kappa shape index (κ3) is 5.22. The van der Waals surface area contributed by atoms with Gasteiger partial charge in [0.05, 0.1) is 6.20 Å². The fourth-order valence-corrected chi connectivity index (χ4v) is 4.04. The van der Waals surface area contributed by atoms with Gasteiger partial charge in [-0.15, -0.1) is 0 Å². The first-order valence-electron chi connectivity index (χ1n) is 11.6. The van der Waals surface area contributed by atoms with Gasteiger partial charge in [-0.2, -0.15) is 5.10 Å². The minimum Gasteiger partial charge on any atom is -0.486 e. The molecule has 0 bridgehead atoms. The van der Waals surface area contributed by atoms with E-state index in [9.17, 15) is 19.2 Å². The predicted octanol–water partition coefficient (Wildman–Crippen LogP) is 2.30. The third-order valence-electron chi connectivity index (χ3n) is 5.99. The van der Waals surface area contributed by atoms with Crippen molar-refractivity contribution in [2.45, 2.75) is 26.4 Å². The second-order valence-corrected chi connectivity index (χ2v) is 8.69. The van der Waals surface area contributed by atoms with Crippen LogP contribution in [0, 0.1) is 0 Å². The Balaban J connectivity index is 1.29. The van der Waals surface area contributed by atoms with E-state index in [2.05, 4.69) is 20.7 Å². The standard InChI is InChI=1S/C27H23N5O5/c1-16(33)19-5-2-17(3-6-19)13-29-27(36)23-12-22(31-25-8-9-30-32(23)25)26(35)28-14-18-4-7-24-20(10-18)11-21(34)15-37-24/h2-10,12H,11,13-15H2,1H3,(H,28,35)(H,29,36). The lowest BCUT2D eigenvalue weighted by atomic mass is 10.0. The third-order valence-corrected chi connectivity index (χ3v) is 5.99. The Bertz CT molecular complexity index is 1540. The maximum absolute atomic E-state index is 13.0. The van der Waals surface area contributed by atoms with Crippen molar-refractivity contribution in [1.82, 2.24) is 25.2 Å². The molecule has 0 saturated carbocycles. The van der Waals surface area contributed by atoms with Gasteiger partial charge in [-0.05, 0) is 30.2 Å². The highest BCUT2D eigenvalue weighted by Crippen LogP contribution is 2.24. The van der Waals surface area contributed by atoms with Crippen LogP contribution < -0.4 is 15.4 Å². The van der Waals surface area contributed by atoms with Gasteiger partial charge in [-0.3, -0.25) is 19.2 Å². The fraction of sp³-hybridized carbons (Fsp3) is 0.185. The molecule has 2 N–H and O–H groups in total. The Kier molecular flexibility index (Phi) is 6.46. The molecule has 0 fully saturated rings. The zero-order valence-corrected chi connectivity index (χ0v) is 20.0. The van der Waals surface area contributed by atoms with Gasteiger partial charge < -0.3 is 15.4 Å². The molecular weight excluding hydrogens is 474 g/mol. The molecule has 0 spiro atoms. The highest BCUT2D eigenvalue weighted by Gasteiger charge is 2.19. The molecule has 0 aliphatic carbocycles. The van der Waals surface area contributed by atoms with Gasteiger partial charge in [0, 0.05) is 42.8 Å². The Morgan fingerprint density at radius 3 is 2.46 bits per heavy atom. The van der Waals surface area contributed by atoms with E-state index in [1.807, 2.05) is 12.1 Å². The Morgan fingerprint density at radius 2 is 1.68 bits per heavy atom. The highest BCUT2D eigenvalue weighted by atomic mass is 16.5. The van der Waals surface area contributed by atoms with E-state index in [1.165, 1.54) is 23.7 Å². The minimum atomic E-state index is -0.456. The molecule has 2 aromatic carbocycles. The number of rotatable bonds is 7. The number of Topliss-reactive ketones (excluding diaryl/α,β-unsaturated/α-hetero) is 2. The lowest BCUT2D eigenvalue weighted by molar-refractivity contribution is -0.121. The first-order chi connectivity index (χ1) is 17.9. The van der Waals surface area contributed by atoms with E-state index in [0.29, 0.717) is 23.4 Å². The largest absolute Gasteiger partial charge is 0.486 e. The number of hydrogen-bond acceptors (Lipinski definition) is 7. The number of ether oxygens (including phenoxy) is 1. The summed E-state index contributed by atoms with van der Waals surface area (Å²) in [6.07, 6.45) is 1.80. The van der Waals surface area contributed by atoms with Crippen molar-refractivity contribution in [3.8, 4) is 5.75 Å².